The highest BCUT2D eigenvalue weighted by molar-refractivity contribution is 7.90. The lowest BCUT2D eigenvalue weighted by Gasteiger charge is -2.14. The minimum absolute atomic E-state index is 0.00411. The van der Waals surface area contributed by atoms with Crippen LogP contribution in [0.2, 0.25) is 0 Å². The Balaban J connectivity index is 2.48. The largest absolute Gasteiger partial charge is 0.465 e. The fraction of sp³-hybridized carbons (Fsp3) is 0.333. The molecule has 0 unspecified atom stereocenters. The second-order valence-electron chi connectivity index (χ2n) is 6.24. The van der Waals surface area contributed by atoms with Crippen molar-refractivity contribution in [2.24, 2.45) is 0 Å². The molecule has 13 heteroatoms. The zero-order valence-electron chi connectivity index (χ0n) is 16.7. The third-order valence-electron chi connectivity index (χ3n) is 3.90. The first-order chi connectivity index (χ1) is 14.3. The molecule has 0 aliphatic carbocycles. The molecule has 0 radical (unpaired) electrons. The maximum atomic E-state index is 13.1. The van der Waals surface area contributed by atoms with Crippen LogP contribution in [0.3, 0.4) is 0 Å². The summed E-state index contributed by atoms with van der Waals surface area (Å²) in [5, 5.41) is 18.0. The van der Waals surface area contributed by atoms with Crippen LogP contribution >= 0.6 is 11.3 Å². The van der Waals surface area contributed by atoms with E-state index in [0.29, 0.717) is 5.56 Å². The van der Waals surface area contributed by atoms with Crippen molar-refractivity contribution in [3.8, 4) is 10.6 Å². The van der Waals surface area contributed by atoms with Crippen LogP contribution in [0.15, 0.2) is 34.7 Å². The van der Waals surface area contributed by atoms with Crippen LogP contribution < -0.4 is 5.32 Å². The van der Waals surface area contributed by atoms with Gasteiger partial charge in [0, 0.05) is 17.4 Å². The van der Waals surface area contributed by atoms with Crippen molar-refractivity contribution in [2.45, 2.75) is 24.9 Å². The van der Waals surface area contributed by atoms with Crippen molar-refractivity contribution < 1.29 is 31.1 Å². The van der Waals surface area contributed by atoms with Gasteiger partial charge in [-0.15, -0.1) is 10.2 Å². The second kappa shape index (κ2) is 9.56. The first-order valence-corrected chi connectivity index (χ1v) is 11.5. The number of ether oxygens (including phenoxy) is 1. The summed E-state index contributed by atoms with van der Waals surface area (Å²) in [6.45, 7) is 2.32. The van der Waals surface area contributed by atoms with Gasteiger partial charge in [0.15, 0.2) is 14.8 Å². The van der Waals surface area contributed by atoms with Crippen molar-refractivity contribution in [1.82, 2.24) is 15.5 Å². The number of nitrogens with one attached hydrogen (secondary N) is 2. The monoisotopic (exact) mass is 476 g/mol. The molecule has 31 heavy (non-hydrogen) atoms. The molecule has 0 amide bonds. The molecule has 0 aliphatic rings. The standard InChI is InChI=1S/C18H19F3N4O4S2/c1-4-29-13(26)9-23-14(10(2)15(22)18(19,20)21)17-25-24-16(30-17)11-6-5-7-12(8-11)31(3,27)28/h5-8,22-23H,4,9H2,1-3H3/b14-10-,22-15?. The van der Waals surface area contributed by atoms with E-state index in [1.165, 1.54) is 18.2 Å². The molecular formula is C18H19F3N4O4S2. The average molecular weight is 477 g/mol. The van der Waals surface area contributed by atoms with E-state index >= 15 is 0 Å². The normalized spacial score (nSPS) is 12.8. The fourth-order valence-corrected chi connectivity index (χ4v) is 3.96. The number of carbonyl (C=O) groups is 1. The summed E-state index contributed by atoms with van der Waals surface area (Å²) in [4.78, 5) is 11.7. The van der Waals surface area contributed by atoms with Crippen molar-refractivity contribution in [1.29, 1.82) is 5.41 Å². The Labute approximate surface area is 180 Å². The first kappa shape index (κ1) is 24.5. The van der Waals surface area contributed by atoms with Crippen molar-refractivity contribution in [3.05, 3.63) is 34.8 Å². The van der Waals surface area contributed by atoms with Crippen LogP contribution in [0, 0.1) is 5.41 Å². The van der Waals surface area contributed by atoms with Crippen molar-refractivity contribution in [2.75, 3.05) is 19.4 Å². The minimum atomic E-state index is -4.90. The number of sulfone groups is 1. The van der Waals surface area contributed by atoms with E-state index in [-0.39, 0.29) is 27.2 Å². The number of aromatic nitrogens is 2. The van der Waals surface area contributed by atoms with Gasteiger partial charge in [-0.1, -0.05) is 23.5 Å². The van der Waals surface area contributed by atoms with Crippen LogP contribution in [-0.4, -0.2) is 55.9 Å². The molecule has 2 N–H and O–H groups in total. The summed E-state index contributed by atoms with van der Waals surface area (Å²) in [7, 11) is -3.48. The summed E-state index contributed by atoms with van der Waals surface area (Å²) in [5.41, 5.74) is -1.88. The highest BCUT2D eigenvalue weighted by Crippen LogP contribution is 2.31. The molecule has 0 atom stereocenters. The third kappa shape index (κ3) is 6.34. The molecule has 0 aliphatic heterocycles. The van der Waals surface area contributed by atoms with Crippen LogP contribution in [0.25, 0.3) is 16.3 Å². The van der Waals surface area contributed by atoms with E-state index in [1.807, 2.05) is 0 Å². The lowest BCUT2D eigenvalue weighted by atomic mass is 10.1. The van der Waals surface area contributed by atoms with Crippen molar-refractivity contribution >= 4 is 38.6 Å². The van der Waals surface area contributed by atoms with Gasteiger partial charge in [-0.3, -0.25) is 10.2 Å². The Morgan fingerprint density at radius 3 is 2.55 bits per heavy atom. The minimum Gasteiger partial charge on any atom is -0.465 e. The Bertz CT molecular complexity index is 1120. The first-order valence-electron chi connectivity index (χ1n) is 8.75. The van der Waals surface area contributed by atoms with Crippen LogP contribution in [0.4, 0.5) is 13.2 Å². The lowest BCUT2D eigenvalue weighted by Crippen LogP contribution is -2.29. The Hall–Kier alpha value is -2.80. The molecule has 0 spiro atoms. The van der Waals surface area contributed by atoms with Crippen molar-refractivity contribution in [3.63, 3.8) is 0 Å². The highest BCUT2D eigenvalue weighted by Gasteiger charge is 2.37. The molecule has 0 saturated heterocycles. The van der Waals surface area contributed by atoms with Gasteiger partial charge in [0.2, 0.25) is 0 Å². The summed E-state index contributed by atoms with van der Waals surface area (Å²) >= 11 is 0.881. The van der Waals surface area contributed by atoms with E-state index in [4.69, 9.17) is 10.1 Å². The average Bonchev–Trinajstić information content (AvgIpc) is 3.16. The van der Waals surface area contributed by atoms with E-state index in [2.05, 4.69) is 15.5 Å². The zero-order chi connectivity index (χ0) is 23.4. The number of nitrogens with zero attached hydrogens (tertiary/aromatic N) is 2. The predicted octanol–water partition coefficient (Wildman–Crippen LogP) is 3.07. The number of allylic oxidation sites excluding steroid dienone is 1. The summed E-state index contributed by atoms with van der Waals surface area (Å²) in [6.07, 6.45) is -3.86. The maximum absolute atomic E-state index is 13.1. The SMILES string of the molecule is CCOC(=O)CN/C(=C(/C)C(=N)C(F)(F)F)c1nnc(-c2cccc(S(C)(=O)=O)c2)s1. The molecule has 1 aromatic carbocycles. The Kier molecular flexibility index (Phi) is 7.54. The van der Waals surface area contributed by atoms with Gasteiger partial charge in [-0.25, -0.2) is 8.42 Å². The fourth-order valence-electron chi connectivity index (χ4n) is 2.38. The Morgan fingerprint density at radius 1 is 1.29 bits per heavy atom. The number of benzene rings is 1. The quantitative estimate of drug-likeness (QED) is 0.443. The van der Waals surface area contributed by atoms with Gasteiger partial charge in [0.1, 0.15) is 17.3 Å². The topological polar surface area (TPSA) is 122 Å². The Morgan fingerprint density at radius 2 is 1.97 bits per heavy atom. The van der Waals surface area contributed by atoms with Gasteiger partial charge < -0.3 is 10.1 Å². The molecule has 1 heterocycles. The molecule has 168 valence electrons. The molecule has 0 bridgehead atoms. The number of hydrogen-bond acceptors (Lipinski definition) is 9. The maximum Gasteiger partial charge on any atom is 0.432 e. The van der Waals surface area contributed by atoms with E-state index in [9.17, 15) is 26.4 Å². The number of esters is 1. The third-order valence-corrected chi connectivity index (χ3v) is 6.00. The number of halogens is 3. The molecule has 1 aromatic heterocycles. The molecule has 0 fully saturated rings. The molecule has 0 saturated carbocycles. The predicted molar refractivity (Wildman–Crippen MR) is 109 cm³/mol. The molecular weight excluding hydrogens is 457 g/mol. The summed E-state index contributed by atoms with van der Waals surface area (Å²) < 4.78 is 67.5. The summed E-state index contributed by atoms with van der Waals surface area (Å²) in [5.74, 6) is -0.697. The second-order valence-corrected chi connectivity index (χ2v) is 9.24. The van der Waals surface area contributed by atoms with Gasteiger partial charge in [0.25, 0.3) is 0 Å². The number of carbonyl (C=O) groups excluding carboxylic acids is 1. The van der Waals surface area contributed by atoms with Gasteiger partial charge >= 0.3 is 12.1 Å². The molecule has 2 rings (SSSR count). The summed E-state index contributed by atoms with van der Waals surface area (Å²) in [6, 6.07) is 5.87. The smallest absolute Gasteiger partial charge is 0.432 e. The molecule has 8 nitrogen and oxygen atoms in total. The van der Waals surface area contributed by atoms with Crippen LogP contribution in [0.1, 0.15) is 18.9 Å². The van der Waals surface area contributed by atoms with E-state index < -0.39 is 39.8 Å². The van der Waals surface area contributed by atoms with Gasteiger partial charge in [0.05, 0.1) is 17.2 Å². The van der Waals surface area contributed by atoms with E-state index in [0.717, 1.165) is 24.5 Å². The van der Waals surface area contributed by atoms with Gasteiger partial charge in [-0.2, -0.15) is 13.2 Å². The van der Waals surface area contributed by atoms with Crippen LogP contribution in [-0.2, 0) is 19.4 Å². The lowest BCUT2D eigenvalue weighted by molar-refractivity contribution is -0.141. The molecule has 2 aromatic rings. The van der Waals surface area contributed by atoms with Gasteiger partial charge in [-0.05, 0) is 26.0 Å². The number of hydrogen-bond donors (Lipinski definition) is 2. The zero-order valence-corrected chi connectivity index (χ0v) is 18.3. The van der Waals surface area contributed by atoms with Crippen LogP contribution in [0.5, 0.6) is 0 Å². The highest BCUT2D eigenvalue weighted by atomic mass is 32.2. The number of rotatable bonds is 8. The van der Waals surface area contributed by atoms with E-state index in [1.54, 1.807) is 13.0 Å². The number of alkyl halides is 3.